The van der Waals surface area contributed by atoms with Crippen LogP contribution in [0.3, 0.4) is 0 Å². The minimum atomic E-state index is -0.389. The van der Waals surface area contributed by atoms with Crippen LogP contribution in [0.5, 0.6) is 0 Å². The number of ether oxygens (including phenoxy) is 1. The van der Waals surface area contributed by atoms with Crippen molar-refractivity contribution in [3.05, 3.63) is 45.8 Å². The van der Waals surface area contributed by atoms with E-state index in [0.29, 0.717) is 5.69 Å². The summed E-state index contributed by atoms with van der Waals surface area (Å²) >= 11 is 0. The molecule has 112 valence electrons. The molecule has 21 heavy (non-hydrogen) atoms. The minimum Gasteiger partial charge on any atom is -0.379 e. The SMILES string of the molecule is O=[N+]([O-])c1c[nH]nc1C1C=CC(CN2CCOCC2)=CC1. The van der Waals surface area contributed by atoms with Crippen molar-refractivity contribution in [1.82, 2.24) is 15.1 Å². The van der Waals surface area contributed by atoms with E-state index in [1.807, 2.05) is 6.08 Å². The van der Waals surface area contributed by atoms with Crippen LogP contribution in [0.2, 0.25) is 0 Å². The summed E-state index contributed by atoms with van der Waals surface area (Å²) in [6, 6.07) is 0. The van der Waals surface area contributed by atoms with Gasteiger partial charge in [0.25, 0.3) is 0 Å². The van der Waals surface area contributed by atoms with Crippen LogP contribution in [0.25, 0.3) is 0 Å². The van der Waals surface area contributed by atoms with Gasteiger partial charge in [0.05, 0.1) is 24.3 Å². The Labute approximate surface area is 122 Å². The standard InChI is InChI=1S/C14H18N4O3/c19-18(20)13-9-15-16-14(13)12-3-1-11(2-4-12)10-17-5-7-21-8-6-17/h1-3,9,12H,4-8,10H2,(H,15,16). The quantitative estimate of drug-likeness (QED) is 0.673. The van der Waals surface area contributed by atoms with Crippen LogP contribution < -0.4 is 0 Å². The van der Waals surface area contributed by atoms with E-state index in [-0.39, 0.29) is 16.5 Å². The summed E-state index contributed by atoms with van der Waals surface area (Å²) in [4.78, 5) is 12.9. The fourth-order valence-corrected chi connectivity index (χ4v) is 2.72. The Morgan fingerprint density at radius 2 is 2.29 bits per heavy atom. The highest BCUT2D eigenvalue weighted by atomic mass is 16.6. The molecular weight excluding hydrogens is 272 g/mol. The maximum atomic E-state index is 10.9. The molecule has 0 aromatic carbocycles. The van der Waals surface area contributed by atoms with E-state index in [1.54, 1.807) is 0 Å². The Kier molecular flexibility index (Phi) is 4.12. The van der Waals surface area contributed by atoms with E-state index in [9.17, 15) is 10.1 Å². The van der Waals surface area contributed by atoms with Crippen molar-refractivity contribution in [2.45, 2.75) is 12.3 Å². The largest absolute Gasteiger partial charge is 0.379 e. The summed E-state index contributed by atoms with van der Waals surface area (Å²) in [5.74, 6) is -0.0231. The first-order chi connectivity index (χ1) is 10.2. The van der Waals surface area contributed by atoms with Crippen LogP contribution in [0.1, 0.15) is 18.0 Å². The van der Waals surface area contributed by atoms with Crippen LogP contribution in [-0.2, 0) is 4.74 Å². The van der Waals surface area contributed by atoms with Crippen LogP contribution in [-0.4, -0.2) is 52.9 Å². The van der Waals surface area contributed by atoms with Gasteiger partial charge in [-0.3, -0.25) is 20.1 Å². The lowest BCUT2D eigenvalue weighted by Gasteiger charge is -2.27. The normalized spacial score (nSPS) is 23.0. The highest BCUT2D eigenvalue weighted by Gasteiger charge is 2.24. The van der Waals surface area contributed by atoms with E-state index in [2.05, 4.69) is 27.2 Å². The van der Waals surface area contributed by atoms with Crippen LogP contribution in [0.15, 0.2) is 30.0 Å². The van der Waals surface area contributed by atoms with Gasteiger partial charge in [0.1, 0.15) is 5.69 Å². The number of morpholine rings is 1. The third kappa shape index (κ3) is 3.20. The van der Waals surface area contributed by atoms with E-state index >= 15 is 0 Å². The van der Waals surface area contributed by atoms with Gasteiger partial charge in [0, 0.05) is 25.6 Å². The zero-order valence-electron chi connectivity index (χ0n) is 11.7. The van der Waals surface area contributed by atoms with Crippen LogP contribution in [0, 0.1) is 10.1 Å². The van der Waals surface area contributed by atoms with Gasteiger partial charge in [0.2, 0.25) is 0 Å². The molecule has 1 aliphatic carbocycles. The lowest BCUT2D eigenvalue weighted by molar-refractivity contribution is -0.385. The number of allylic oxidation sites excluding steroid dienone is 2. The van der Waals surface area contributed by atoms with Crippen molar-refractivity contribution in [1.29, 1.82) is 0 Å². The number of nitrogens with one attached hydrogen (secondary N) is 1. The number of aromatic nitrogens is 2. The first kappa shape index (κ1) is 14.0. The lowest BCUT2D eigenvalue weighted by Crippen LogP contribution is -2.37. The second-order valence-electron chi connectivity index (χ2n) is 5.28. The number of nitrogens with zero attached hydrogens (tertiary/aromatic N) is 3. The zero-order valence-corrected chi connectivity index (χ0v) is 11.7. The second-order valence-corrected chi connectivity index (χ2v) is 5.28. The third-order valence-corrected chi connectivity index (χ3v) is 3.88. The minimum absolute atomic E-state index is 0.0231. The summed E-state index contributed by atoms with van der Waals surface area (Å²) in [5, 5.41) is 17.6. The van der Waals surface area contributed by atoms with Gasteiger partial charge in [-0.1, -0.05) is 18.2 Å². The predicted molar refractivity (Wildman–Crippen MR) is 77.1 cm³/mol. The molecule has 0 saturated carbocycles. The smallest absolute Gasteiger partial charge is 0.310 e. The number of hydrogen-bond donors (Lipinski definition) is 1. The fourth-order valence-electron chi connectivity index (χ4n) is 2.72. The van der Waals surface area contributed by atoms with Crippen LogP contribution in [0.4, 0.5) is 5.69 Å². The van der Waals surface area contributed by atoms with E-state index in [4.69, 9.17) is 4.74 Å². The van der Waals surface area contributed by atoms with Gasteiger partial charge in [0.15, 0.2) is 0 Å². The molecule has 1 aliphatic heterocycles. The van der Waals surface area contributed by atoms with Gasteiger partial charge in [-0.05, 0) is 12.0 Å². The van der Waals surface area contributed by atoms with Gasteiger partial charge < -0.3 is 4.74 Å². The molecule has 2 aliphatic rings. The van der Waals surface area contributed by atoms with E-state index in [0.717, 1.165) is 39.3 Å². The molecule has 0 bridgehead atoms. The Morgan fingerprint density at radius 1 is 1.48 bits per heavy atom. The molecule has 1 saturated heterocycles. The number of rotatable bonds is 4. The van der Waals surface area contributed by atoms with Gasteiger partial charge in [-0.15, -0.1) is 0 Å². The second kappa shape index (κ2) is 6.19. The lowest BCUT2D eigenvalue weighted by atomic mass is 9.93. The number of aromatic amines is 1. The van der Waals surface area contributed by atoms with Crippen molar-refractivity contribution >= 4 is 5.69 Å². The summed E-state index contributed by atoms with van der Waals surface area (Å²) in [7, 11) is 0. The molecule has 1 atom stereocenters. The molecule has 1 fully saturated rings. The third-order valence-electron chi connectivity index (χ3n) is 3.88. The van der Waals surface area contributed by atoms with Gasteiger partial charge in [-0.2, -0.15) is 5.10 Å². The van der Waals surface area contributed by atoms with E-state index < -0.39 is 0 Å². The molecule has 1 aromatic rings. The average Bonchev–Trinajstić information content (AvgIpc) is 2.99. The maximum Gasteiger partial charge on any atom is 0.310 e. The molecule has 0 spiro atoms. The van der Waals surface area contributed by atoms with Crippen LogP contribution >= 0.6 is 0 Å². The highest BCUT2D eigenvalue weighted by Crippen LogP contribution is 2.31. The molecule has 2 heterocycles. The van der Waals surface area contributed by atoms with Crippen molar-refractivity contribution in [2.75, 3.05) is 32.8 Å². The number of nitro groups is 1. The molecule has 7 nitrogen and oxygen atoms in total. The fraction of sp³-hybridized carbons (Fsp3) is 0.500. The number of H-pyrrole nitrogens is 1. The average molecular weight is 290 g/mol. The highest BCUT2D eigenvalue weighted by molar-refractivity contribution is 5.40. The summed E-state index contributed by atoms with van der Waals surface area (Å²) in [6.07, 6.45) is 8.32. The molecule has 1 unspecified atom stereocenters. The molecule has 3 rings (SSSR count). The van der Waals surface area contributed by atoms with Gasteiger partial charge in [-0.25, -0.2) is 0 Å². The Morgan fingerprint density at radius 3 is 2.95 bits per heavy atom. The van der Waals surface area contributed by atoms with Crippen molar-refractivity contribution < 1.29 is 9.66 Å². The van der Waals surface area contributed by atoms with Crippen molar-refractivity contribution in [2.24, 2.45) is 0 Å². The predicted octanol–water partition coefficient (Wildman–Crippen LogP) is 1.62. The van der Waals surface area contributed by atoms with Crippen molar-refractivity contribution in [3.8, 4) is 0 Å². The Hall–Kier alpha value is -1.99. The van der Waals surface area contributed by atoms with E-state index in [1.165, 1.54) is 11.8 Å². The molecule has 7 heteroatoms. The summed E-state index contributed by atoms with van der Waals surface area (Å²) < 4.78 is 5.34. The first-order valence-electron chi connectivity index (χ1n) is 7.09. The molecule has 1 aromatic heterocycles. The van der Waals surface area contributed by atoms with Gasteiger partial charge >= 0.3 is 5.69 Å². The summed E-state index contributed by atoms with van der Waals surface area (Å²) in [6.45, 7) is 4.41. The Bertz CT molecular complexity index is 573. The first-order valence-corrected chi connectivity index (χ1v) is 7.09. The van der Waals surface area contributed by atoms with Crippen molar-refractivity contribution in [3.63, 3.8) is 0 Å². The molecule has 0 radical (unpaired) electrons. The Balaban J connectivity index is 1.62. The number of hydrogen-bond acceptors (Lipinski definition) is 5. The molecule has 1 N–H and O–H groups in total. The molecular formula is C14H18N4O3. The summed E-state index contributed by atoms with van der Waals surface area (Å²) in [5.41, 5.74) is 1.83. The zero-order chi connectivity index (χ0) is 14.7. The molecule has 0 amide bonds. The monoisotopic (exact) mass is 290 g/mol. The topological polar surface area (TPSA) is 84.3 Å². The maximum absolute atomic E-state index is 10.9.